The first-order chi connectivity index (χ1) is 10.1. The quantitative estimate of drug-likeness (QED) is 0.732. The zero-order valence-electron chi connectivity index (χ0n) is 11.6. The Hall–Kier alpha value is -2.15. The number of nitrogens with one attached hydrogen (secondary N) is 2. The molecule has 1 atom stereocenters. The van der Waals surface area contributed by atoms with E-state index >= 15 is 0 Å². The molecule has 2 heterocycles. The number of aromatic nitrogens is 2. The molecule has 0 aliphatic carbocycles. The van der Waals surface area contributed by atoms with Crippen molar-refractivity contribution >= 4 is 23.2 Å². The fourth-order valence-electron chi connectivity index (χ4n) is 1.96. The van der Waals surface area contributed by atoms with Crippen LogP contribution < -0.4 is 5.32 Å². The number of H-pyrrole nitrogens is 1. The number of amides is 1. The monoisotopic (exact) mass is 307 g/mol. The maximum Gasteiger partial charge on any atom is 0.308 e. The highest BCUT2D eigenvalue weighted by molar-refractivity contribution is 7.13. The number of carboxylic acids is 1. The van der Waals surface area contributed by atoms with Crippen LogP contribution in [0.5, 0.6) is 0 Å². The minimum absolute atomic E-state index is 0.114. The Morgan fingerprint density at radius 2 is 2.33 bits per heavy atom. The predicted octanol–water partition coefficient (Wildman–Crippen LogP) is 2.37. The van der Waals surface area contributed by atoms with Crippen LogP contribution in [0.2, 0.25) is 0 Å². The van der Waals surface area contributed by atoms with Crippen molar-refractivity contribution in [3.05, 3.63) is 29.3 Å². The van der Waals surface area contributed by atoms with Crippen LogP contribution in [-0.4, -0.2) is 33.7 Å². The number of carbonyl (C=O) groups excluding carboxylic acids is 1. The van der Waals surface area contributed by atoms with Crippen LogP contribution in [0, 0.1) is 5.92 Å². The first kappa shape index (κ1) is 15.2. The van der Waals surface area contributed by atoms with E-state index in [1.807, 2.05) is 24.4 Å². The Bertz CT molecular complexity index is 607. The van der Waals surface area contributed by atoms with Crippen molar-refractivity contribution in [1.29, 1.82) is 0 Å². The van der Waals surface area contributed by atoms with Crippen LogP contribution in [0.1, 0.15) is 30.3 Å². The number of carboxylic acid groups (broad SMARTS) is 1. The molecule has 0 aliphatic heterocycles. The number of nitrogens with zero attached hydrogens (tertiary/aromatic N) is 1. The smallest absolute Gasteiger partial charge is 0.308 e. The Kier molecular flexibility index (Phi) is 5.10. The molecule has 2 aromatic heterocycles. The zero-order chi connectivity index (χ0) is 15.2. The highest BCUT2D eigenvalue weighted by Gasteiger charge is 2.19. The fraction of sp³-hybridized carbons (Fsp3) is 0.357. The normalized spacial score (nSPS) is 12.0. The Balaban J connectivity index is 1.96. The highest BCUT2D eigenvalue weighted by atomic mass is 32.1. The number of aromatic amines is 1. The van der Waals surface area contributed by atoms with E-state index in [1.54, 1.807) is 17.4 Å². The first-order valence-electron chi connectivity index (χ1n) is 6.72. The van der Waals surface area contributed by atoms with Crippen LogP contribution in [-0.2, 0) is 4.79 Å². The number of aliphatic carboxylic acids is 1. The standard InChI is InChI=1S/C14H17N3O3S/c1-2-4-9(14(19)20)8-15-13(18)11-7-10(16-17-11)12-5-3-6-21-12/h3,5-7,9H,2,4,8H2,1H3,(H,15,18)(H,16,17)(H,19,20). The van der Waals surface area contributed by atoms with Crippen molar-refractivity contribution < 1.29 is 14.7 Å². The summed E-state index contributed by atoms with van der Waals surface area (Å²) >= 11 is 1.55. The Labute approximate surface area is 126 Å². The van der Waals surface area contributed by atoms with Gasteiger partial charge in [0, 0.05) is 6.54 Å². The molecule has 21 heavy (non-hydrogen) atoms. The van der Waals surface area contributed by atoms with Crippen LogP contribution >= 0.6 is 11.3 Å². The number of rotatable bonds is 7. The minimum Gasteiger partial charge on any atom is -0.481 e. The largest absolute Gasteiger partial charge is 0.481 e. The summed E-state index contributed by atoms with van der Waals surface area (Å²) in [4.78, 5) is 24.0. The van der Waals surface area contributed by atoms with E-state index in [4.69, 9.17) is 5.11 Å². The molecule has 6 nitrogen and oxygen atoms in total. The van der Waals surface area contributed by atoms with Crippen molar-refractivity contribution in [3.8, 4) is 10.6 Å². The molecule has 2 rings (SSSR count). The van der Waals surface area contributed by atoms with Crippen LogP contribution in [0.4, 0.5) is 0 Å². The summed E-state index contributed by atoms with van der Waals surface area (Å²) in [7, 11) is 0. The number of hydrogen-bond acceptors (Lipinski definition) is 4. The van der Waals surface area contributed by atoms with Gasteiger partial charge >= 0.3 is 5.97 Å². The van der Waals surface area contributed by atoms with Crippen LogP contribution in [0.25, 0.3) is 10.6 Å². The number of hydrogen-bond donors (Lipinski definition) is 3. The topological polar surface area (TPSA) is 95.1 Å². The molecule has 0 saturated heterocycles. The zero-order valence-corrected chi connectivity index (χ0v) is 12.4. The third kappa shape index (κ3) is 3.91. The molecule has 0 fully saturated rings. The van der Waals surface area contributed by atoms with Crippen molar-refractivity contribution in [1.82, 2.24) is 15.5 Å². The van der Waals surface area contributed by atoms with Gasteiger partial charge in [0.2, 0.25) is 0 Å². The molecule has 0 aliphatic rings. The van der Waals surface area contributed by atoms with E-state index in [0.29, 0.717) is 6.42 Å². The maximum atomic E-state index is 12.0. The molecular formula is C14H17N3O3S. The van der Waals surface area contributed by atoms with Crippen molar-refractivity contribution in [3.63, 3.8) is 0 Å². The molecule has 1 amide bonds. The lowest BCUT2D eigenvalue weighted by Crippen LogP contribution is -2.33. The second kappa shape index (κ2) is 7.03. The van der Waals surface area contributed by atoms with E-state index in [1.165, 1.54) is 0 Å². The van der Waals surface area contributed by atoms with Gasteiger partial charge in [-0.1, -0.05) is 19.4 Å². The second-order valence-electron chi connectivity index (χ2n) is 4.68. The number of carbonyl (C=O) groups is 2. The van der Waals surface area contributed by atoms with Crippen LogP contribution in [0.15, 0.2) is 23.6 Å². The highest BCUT2D eigenvalue weighted by Crippen LogP contribution is 2.22. The summed E-state index contributed by atoms with van der Waals surface area (Å²) in [6.45, 7) is 2.03. The fourth-order valence-corrected chi connectivity index (χ4v) is 2.66. The second-order valence-corrected chi connectivity index (χ2v) is 5.63. The summed E-state index contributed by atoms with van der Waals surface area (Å²) in [5.74, 6) is -1.82. The molecule has 1 unspecified atom stereocenters. The lowest BCUT2D eigenvalue weighted by atomic mass is 10.0. The van der Waals surface area contributed by atoms with Gasteiger partial charge in [0.25, 0.3) is 5.91 Å². The molecule has 0 bridgehead atoms. The first-order valence-corrected chi connectivity index (χ1v) is 7.60. The Morgan fingerprint density at radius 1 is 1.52 bits per heavy atom. The molecule has 3 N–H and O–H groups in total. The molecule has 0 saturated carbocycles. The average molecular weight is 307 g/mol. The summed E-state index contributed by atoms with van der Waals surface area (Å²) < 4.78 is 0. The average Bonchev–Trinajstić information content (AvgIpc) is 3.11. The lowest BCUT2D eigenvalue weighted by Gasteiger charge is -2.11. The van der Waals surface area contributed by atoms with E-state index in [2.05, 4.69) is 15.5 Å². The molecular weight excluding hydrogens is 290 g/mol. The van der Waals surface area contributed by atoms with Gasteiger partial charge < -0.3 is 10.4 Å². The van der Waals surface area contributed by atoms with E-state index < -0.39 is 11.9 Å². The van der Waals surface area contributed by atoms with Crippen molar-refractivity contribution in [2.45, 2.75) is 19.8 Å². The van der Waals surface area contributed by atoms with Gasteiger partial charge in [-0.25, -0.2) is 0 Å². The molecule has 7 heteroatoms. The SMILES string of the molecule is CCCC(CNC(=O)c1cc(-c2cccs2)[nH]n1)C(=O)O. The van der Waals surface area contributed by atoms with Gasteiger partial charge in [-0.05, 0) is 23.9 Å². The number of thiophene rings is 1. The predicted molar refractivity (Wildman–Crippen MR) is 80.3 cm³/mol. The Morgan fingerprint density at radius 3 is 2.95 bits per heavy atom. The molecule has 112 valence electrons. The third-order valence-electron chi connectivity index (χ3n) is 3.09. The molecule has 2 aromatic rings. The van der Waals surface area contributed by atoms with Gasteiger partial charge in [0.05, 0.1) is 16.5 Å². The molecule has 0 spiro atoms. The van der Waals surface area contributed by atoms with E-state index in [0.717, 1.165) is 17.0 Å². The van der Waals surface area contributed by atoms with Crippen molar-refractivity contribution in [2.75, 3.05) is 6.54 Å². The summed E-state index contributed by atoms with van der Waals surface area (Å²) in [5, 5.41) is 20.4. The van der Waals surface area contributed by atoms with E-state index in [9.17, 15) is 9.59 Å². The van der Waals surface area contributed by atoms with Gasteiger partial charge in [0.15, 0.2) is 5.69 Å². The lowest BCUT2D eigenvalue weighted by molar-refractivity contribution is -0.141. The van der Waals surface area contributed by atoms with Crippen molar-refractivity contribution in [2.24, 2.45) is 5.92 Å². The minimum atomic E-state index is -0.890. The summed E-state index contributed by atoms with van der Waals surface area (Å²) in [6, 6.07) is 5.52. The maximum absolute atomic E-state index is 12.0. The molecule has 0 radical (unpaired) electrons. The van der Waals surface area contributed by atoms with Crippen LogP contribution in [0.3, 0.4) is 0 Å². The van der Waals surface area contributed by atoms with Gasteiger partial charge in [0.1, 0.15) is 0 Å². The summed E-state index contributed by atoms with van der Waals surface area (Å²) in [5.41, 5.74) is 1.04. The molecule has 0 aromatic carbocycles. The van der Waals surface area contributed by atoms with Gasteiger partial charge in [-0.15, -0.1) is 11.3 Å². The third-order valence-corrected chi connectivity index (χ3v) is 4.00. The van der Waals surface area contributed by atoms with Gasteiger partial charge in [-0.3, -0.25) is 14.7 Å². The van der Waals surface area contributed by atoms with Gasteiger partial charge in [-0.2, -0.15) is 5.10 Å². The summed E-state index contributed by atoms with van der Waals surface area (Å²) in [6.07, 6.45) is 1.30. The van der Waals surface area contributed by atoms with E-state index in [-0.39, 0.29) is 18.1 Å².